The van der Waals surface area contributed by atoms with Gasteiger partial charge in [0, 0.05) is 28.4 Å². The quantitative estimate of drug-likeness (QED) is 0.492. The van der Waals surface area contributed by atoms with Gasteiger partial charge in [0.1, 0.15) is 5.02 Å². The number of nitro groups is 1. The highest BCUT2D eigenvalue weighted by Crippen LogP contribution is 2.25. The van der Waals surface area contributed by atoms with E-state index in [1.54, 1.807) is 16.8 Å². The largest absolute Gasteiger partial charge is 0.305 e. The minimum Gasteiger partial charge on any atom is -0.305 e. The fourth-order valence-corrected chi connectivity index (χ4v) is 2.92. The molecule has 0 aliphatic rings. The first-order chi connectivity index (χ1) is 12.8. The van der Waals surface area contributed by atoms with Gasteiger partial charge in [-0.2, -0.15) is 5.10 Å². The lowest BCUT2D eigenvalue weighted by molar-refractivity contribution is -0.384. The molecule has 2 aromatic carbocycles. The number of nitro benzene ring substituents is 1. The molecule has 7 nitrogen and oxygen atoms in total. The van der Waals surface area contributed by atoms with Crippen molar-refractivity contribution >= 4 is 40.6 Å². The molecule has 0 saturated heterocycles. The van der Waals surface area contributed by atoms with E-state index in [2.05, 4.69) is 10.4 Å². The van der Waals surface area contributed by atoms with Gasteiger partial charge < -0.3 is 5.32 Å². The van der Waals surface area contributed by atoms with Crippen LogP contribution in [-0.2, 0) is 6.54 Å². The Hall–Kier alpha value is -2.90. The van der Waals surface area contributed by atoms with Gasteiger partial charge in [0.05, 0.1) is 11.5 Å². The number of hydrogen-bond acceptors (Lipinski definition) is 4. The zero-order valence-electron chi connectivity index (χ0n) is 14.1. The number of hydrogen-bond donors (Lipinski definition) is 1. The first kappa shape index (κ1) is 18.9. The summed E-state index contributed by atoms with van der Waals surface area (Å²) >= 11 is 11.8. The lowest BCUT2D eigenvalue weighted by atomic mass is 10.2. The molecular formula is C18H14Cl2N4O3. The summed E-state index contributed by atoms with van der Waals surface area (Å²) < 4.78 is 1.73. The SMILES string of the molecule is Cc1cc(NC(=O)c2ccc(Cl)c([N+](=O)[O-])c2)nn1Cc1cccc(Cl)c1. The number of amides is 1. The van der Waals surface area contributed by atoms with E-state index in [9.17, 15) is 14.9 Å². The van der Waals surface area contributed by atoms with Crippen molar-refractivity contribution in [3.8, 4) is 0 Å². The number of nitrogens with zero attached hydrogens (tertiary/aromatic N) is 3. The van der Waals surface area contributed by atoms with Crippen LogP contribution in [0.25, 0.3) is 0 Å². The summed E-state index contributed by atoms with van der Waals surface area (Å²) in [4.78, 5) is 22.7. The predicted octanol–water partition coefficient (Wildman–Crippen LogP) is 4.71. The van der Waals surface area contributed by atoms with Crippen LogP contribution in [0.5, 0.6) is 0 Å². The van der Waals surface area contributed by atoms with Crippen LogP contribution >= 0.6 is 23.2 Å². The number of carbonyl (C=O) groups excluding carboxylic acids is 1. The number of benzene rings is 2. The van der Waals surface area contributed by atoms with Crippen molar-refractivity contribution in [2.24, 2.45) is 0 Å². The molecule has 138 valence electrons. The Labute approximate surface area is 164 Å². The Morgan fingerprint density at radius 2 is 2.00 bits per heavy atom. The number of aromatic nitrogens is 2. The molecule has 3 rings (SSSR count). The normalized spacial score (nSPS) is 10.6. The highest BCUT2D eigenvalue weighted by Gasteiger charge is 2.17. The third kappa shape index (κ3) is 4.45. The molecule has 1 amide bonds. The third-order valence-corrected chi connectivity index (χ3v) is 4.40. The molecule has 9 heteroatoms. The van der Waals surface area contributed by atoms with E-state index in [0.717, 1.165) is 17.3 Å². The number of halogens is 2. The van der Waals surface area contributed by atoms with Gasteiger partial charge in [-0.3, -0.25) is 19.6 Å². The number of aryl methyl sites for hydroxylation is 1. The predicted molar refractivity (Wildman–Crippen MR) is 104 cm³/mol. The molecule has 0 spiro atoms. The third-order valence-electron chi connectivity index (χ3n) is 3.85. The first-order valence-electron chi connectivity index (χ1n) is 7.87. The molecular weight excluding hydrogens is 391 g/mol. The fourth-order valence-electron chi connectivity index (χ4n) is 2.52. The Morgan fingerprint density at radius 3 is 2.70 bits per heavy atom. The van der Waals surface area contributed by atoms with Gasteiger partial charge in [0.2, 0.25) is 0 Å². The molecule has 1 heterocycles. The van der Waals surface area contributed by atoms with Crippen LogP contribution in [0, 0.1) is 17.0 Å². The number of rotatable bonds is 5. The molecule has 0 unspecified atom stereocenters. The van der Waals surface area contributed by atoms with Crippen LogP contribution in [0.3, 0.4) is 0 Å². The maximum absolute atomic E-state index is 12.4. The molecule has 0 fully saturated rings. The Kier molecular flexibility index (Phi) is 5.43. The summed E-state index contributed by atoms with van der Waals surface area (Å²) in [6.07, 6.45) is 0. The molecule has 0 radical (unpaired) electrons. The molecule has 1 aromatic heterocycles. The maximum Gasteiger partial charge on any atom is 0.288 e. The average Bonchev–Trinajstić information content (AvgIpc) is 2.94. The molecule has 0 saturated carbocycles. The summed E-state index contributed by atoms with van der Waals surface area (Å²) in [6.45, 7) is 2.36. The van der Waals surface area contributed by atoms with Crippen LogP contribution < -0.4 is 5.32 Å². The van der Waals surface area contributed by atoms with Crippen LogP contribution in [0.4, 0.5) is 11.5 Å². The maximum atomic E-state index is 12.4. The van der Waals surface area contributed by atoms with E-state index in [-0.39, 0.29) is 16.3 Å². The van der Waals surface area contributed by atoms with Crippen molar-refractivity contribution in [3.63, 3.8) is 0 Å². The molecule has 27 heavy (non-hydrogen) atoms. The molecule has 0 bridgehead atoms. The van der Waals surface area contributed by atoms with Crippen LogP contribution in [0.15, 0.2) is 48.5 Å². The molecule has 3 aromatic rings. The number of carbonyl (C=O) groups is 1. The number of nitrogens with one attached hydrogen (secondary N) is 1. The molecule has 0 aliphatic heterocycles. The summed E-state index contributed by atoms with van der Waals surface area (Å²) in [5.41, 5.74) is 1.60. The van der Waals surface area contributed by atoms with Gasteiger partial charge in [-0.25, -0.2) is 0 Å². The van der Waals surface area contributed by atoms with E-state index in [1.165, 1.54) is 12.1 Å². The van der Waals surface area contributed by atoms with E-state index < -0.39 is 10.8 Å². The second kappa shape index (κ2) is 7.77. The van der Waals surface area contributed by atoms with Crippen LogP contribution in [0.2, 0.25) is 10.0 Å². The highest BCUT2D eigenvalue weighted by molar-refractivity contribution is 6.32. The Bertz CT molecular complexity index is 1030. The molecule has 0 aliphatic carbocycles. The minimum atomic E-state index is -0.636. The first-order valence-corrected chi connectivity index (χ1v) is 8.63. The van der Waals surface area contributed by atoms with Gasteiger partial charge in [-0.15, -0.1) is 0 Å². The van der Waals surface area contributed by atoms with E-state index in [1.807, 2.05) is 25.1 Å². The molecule has 0 atom stereocenters. The standard InChI is InChI=1S/C18H14Cl2N4O3/c1-11-7-17(22-23(11)10-12-3-2-4-14(19)8-12)21-18(25)13-5-6-15(20)16(9-13)24(26)27/h2-9H,10H2,1H3,(H,21,22,25). The average molecular weight is 405 g/mol. The second-order valence-electron chi connectivity index (χ2n) is 5.84. The van der Waals surface area contributed by atoms with Gasteiger partial charge in [0.15, 0.2) is 5.82 Å². The van der Waals surface area contributed by atoms with Crippen molar-refractivity contribution in [2.75, 3.05) is 5.32 Å². The Balaban J connectivity index is 1.77. The fraction of sp³-hybridized carbons (Fsp3) is 0.111. The van der Waals surface area contributed by atoms with Gasteiger partial charge in [-0.1, -0.05) is 35.3 Å². The second-order valence-corrected chi connectivity index (χ2v) is 6.68. The summed E-state index contributed by atoms with van der Waals surface area (Å²) in [7, 11) is 0. The van der Waals surface area contributed by atoms with Gasteiger partial charge >= 0.3 is 0 Å². The zero-order chi connectivity index (χ0) is 19.6. The molecule has 1 N–H and O–H groups in total. The van der Waals surface area contributed by atoms with Crippen molar-refractivity contribution in [1.82, 2.24) is 9.78 Å². The van der Waals surface area contributed by atoms with Crippen LogP contribution in [0.1, 0.15) is 21.6 Å². The monoisotopic (exact) mass is 404 g/mol. The van der Waals surface area contributed by atoms with Crippen molar-refractivity contribution in [3.05, 3.63) is 85.5 Å². The summed E-state index contributed by atoms with van der Waals surface area (Å²) in [5.74, 6) is -0.167. The van der Waals surface area contributed by atoms with Gasteiger partial charge in [-0.05, 0) is 36.8 Å². The van der Waals surface area contributed by atoms with E-state index >= 15 is 0 Å². The topological polar surface area (TPSA) is 90.1 Å². The number of anilines is 1. The van der Waals surface area contributed by atoms with Gasteiger partial charge in [0.25, 0.3) is 11.6 Å². The lowest BCUT2D eigenvalue weighted by Gasteiger charge is -2.05. The van der Waals surface area contributed by atoms with Crippen molar-refractivity contribution in [1.29, 1.82) is 0 Å². The van der Waals surface area contributed by atoms with Crippen molar-refractivity contribution < 1.29 is 9.72 Å². The van der Waals surface area contributed by atoms with E-state index in [0.29, 0.717) is 17.4 Å². The Morgan fingerprint density at radius 1 is 1.22 bits per heavy atom. The summed E-state index contributed by atoms with van der Waals surface area (Å²) in [5, 5.41) is 18.6. The van der Waals surface area contributed by atoms with Crippen LogP contribution in [-0.4, -0.2) is 20.6 Å². The lowest BCUT2D eigenvalue weighted by Crippen LogP contribution is -2.13. The zero-order valence-corrected chi connectivity index (χ0v) is 15.7. The minimum absolute atomic E-state index is 0.0294. The van der Waals surface area contributed by atoms with Crippen molar-refractivity contribution in [2.45, 2.75) is 13.5 Å². The smallest absolute Gasteiger partial charge is 0.288 e. The van der Waals surface area contributed by atoms with E-state index in [4.69, 9.17) is 23.2 Å². The highest BCUT2D eigenvalue weighted by atomic mass is 35.5. The summed E-state index contributed by atoms with van der Waals surface area (Å²) in [6, 6.07) is 13.0.